The molecule has 10 aromatic heterocycles. The zero-order valence-corrected chi connectivity index (χ0v) is 84.9. The number of H-pyrrole nitrogens is 1. The summed E-state index contributed by atoms with van der Waals surface area (Å²) >= 11 is 18.6. The van der Waals surface area contributed by atoms with Crippen LogP contribution in [0, 0.1) is 34.0 Å². The minimum Gasteiger partial charge on any atom is -0.399 e. The van der Waals surface area contributed by atoms with Gasteiger partial charge >= 0.3 is 19.5 Å². The first kappa shape index (κ1) is 109. The largest absolute Gasteiger partial charge is 0.494 e. The maximum atomic E-state index is 13.6. The molecule has 0 spiro atoms. The van der Waals surface area contributed by atoms with Crippen LogP contribution in [0.2, 0.25) is 10.3 Å². The number of hydrogen-bond acceptors (Lipinski definition) is 23. The number of benzene rings is 4. The smallest absolute Gasteiger partial charge is 0.399 e. The summed E-state index contributed by atoms with van der Waals surface area (Å²) in [4.78, 5) is 78.2. The number of amides is 2. The number of carbonyl (C=O) groups excluding carboxylic acids is 2. The third-order valence-corrected chi connectivity index (χ3v) is 24.6. The average Bonchev–Trinajstić information content (AvgIpc) is 1.64. The fourth-order valence-electron chi connectivity index (χ4n) is 13.6. The quantitative estimate of drug-likeness (QED) is 0.00934. The lowest BCUT2D eigenvalue weighted by Gasteiger charge is -2.32. The van der Waals surface area contributed by atoms with Crippen molar-refractivity contribution in [3.8, 4) is 11.1 Å². The number of pyridine rings is 2. The number of nitrogens with two attached hydrogens (primary N) is 2. The van der Waals surface area contributed by atoms with Gasteiger partial charge in [0.05, 0.1) is 55.0 Å². The maximum Gasteiger partial charge on any atom is 0.494 e. The van der Waals surface area contributed by atoms with Crippen LogP contribution in [0.4, 0.5) is 67.2 Å². The zero-order valence-electron chi connectivity index (χ0n) is 76.9. The van der Waals surface area contributed by atoms with E-state index in [1.54, 1.807) is 12.1 Å². The van der Waals surface area contributed by atoms with E-state index in [4.69, 9.17) is 49.1 Å². The van der Waals surface area contributed by atoms with Crippen molar-refractivity contribution in [3.05, 3.63) is 248 Å². The highest BCUT2D eigenvalue weighted by atomic mass is 127. The van der Waals surface area contributed by atoms with Crippen molar-refractivity contribution in [2.75, 3.05) is 111 Å². The van der Waals surface area contributed by atoms with Gasteiger partial charge in [-0.1, -0.05) is 83.9 Å². The lowest BCUT2D eigenvalue weighted by atomic mass is 9.79. The van der Waals surface area contributed by atoms with Crippen LogP contribution in [0.3, 0.4) is 0 Å². The van der Waals surface area contributed by atoms with Crippen molar-refractivity contribution in [1.29, 1.82) is 0 Å². The van der Waals surface area contributed by atoms with Crippen molar-refractivity contribution < 1.29 is 67.9 Å². The van der Waals surface area contributed by atoms with E-state index in [1.807, 2.05) is 105 Å². The predicted molar refractivity (Wildman–Crippen MR) is 539 cm³/mol. The molecule has 2 amide bonds. The second-order valence-electron chi connectivity index (χ2n) is 33.6. The van der Waals surface area contributed by atoms with Crippen LogP contribution in [0.1, 0.15) is 107 Å². The molecule has 4 aromatic carbocycles. The van der Waals surface area contributed by atoms with Gasteiger partial charge in [-0.05, 0) is 273 Å². The maximum absolute atomic E-state index is 13.6. The van der Waals surface area contributed by atoms with Gasteiger partial charge in [0.2, 0.25) is 0 Å². The monoisotopic (exact) mass is 2280 g/mol. The number of hydrogen-bond donors (Lipinski definition) is 8. The van der Waals surface area contributed by atoms with Crippen LogP contribution < -0.4 is 38.2 Å². The number of anilines is 4. The van der Waals surface area contributed by atoms with Gasteiger partial charge in [-0.25, -0.2) is 67.4 Å². The molecule has 0 atom stereocenters. The van der Waals surface area contributed by atoms with Crippen molar-refractivity contribution in [2.45, 2.75) is 123 Å². The number of rotatable bonds is 29. The standard InChI is InChI=1S/C32H31F5N8O.C27H27BF5N3O3.C11H14ClIN4.C11H16IN5.C6H3ClIN3.C5H13NO/c1-44(2)10-3-11-45-17-24(27-28(38)42-18-43-30(27)45)21-7-4-19(5-8-21)14-39-29-23(13-22(16-40-29)32(35,36)37)31(46)41-15-20-6-9-25(33)26(34)12-20;1-25(2)26(3,4)39-28(38-25)19-8-5-16(6-9-19)13-34-23-20(12-18(15-35-23)27(31,32)33)24(37)36-14-17-7-10-21(29)22(30)11-17;1-16(2)4-3-5-17-6-8(13)9-10(12)14-7-15-11(9)17;1-16(2)4-3-5-17-6-8(12)9-10(13)14-7-15-11(9)17;7-5-4-3(8)1-9-6(4)11-2-10-5;1-6(2)4-3-5-7/h4-9,12-13,16-18H,3,10-11,14-15H2,1-2H3,(H,39,40)(H,41,46)(H2,38,42,43);5-12,15H,13-14H2,1-4H3,(H,34,35)(H,36,37);6-7H,3-5H2,1-2H3;6-7H,3-5H2,1-2H3,(H2,13,14,15);1-2H,(H,9,10,11);7H,3-5H2,1-2H3. The molecule has 730 valence electrons. The van der Waals surface area contributed by atoms with Gasteiger partial charge in [0, 0.05) is 106 Å². The number of aromatic nitrogens is 14. The fraction of sp³-hybridized carbons (Fsp3) is 0.348. The van der Waals surface area contributed by atoms with Crippen LogP contribution >= 0.6 is 91.0 Å². The number of aryl methyl sites for hydroxylation is 3. The lowest BCUT2D eigenvalue weighted by molar-refractivity contribution is -0.138. The lowest BCUT2D eigenvalue weighted by Crippen LogP contribution is -2.41. The van der Waals surface area contributed by atoms with Crippen LogP contribution in [0.5, 0.6) is 0 Å². The molecule has 0 unspecified atom stereocenters. The van der Waals surface area contributed by atoms with E-state index < -0.39 is 76.9 Å². The highest BCUT2D eigenvalue weighted by Crippen LogP contribution is 2.39. The molecule has 10 N–H and O–H groups in total. The number of halogens is 15. The number of nitrogens with zero attached hydrogens (tertiary/aromatic N) is 17. The summed E-state index contributed by atoms with van der Waals surface area (Å²) in [6.45, 7) is 14.6. The van der Waals surface area contributed by atoms with Crippen molar-refractivity contribution in [1.82, 2.24) is 98.8 Å². The third-order valence-electron chi connectivity index (χ3n) is 21.5. The summed E-state index contributed by atoms with van der Waals surface area (Å²) in [6.07, 6.45) is 9.74. The Labute approximate surface area is 836 Å². The fourth-order valence-corrected chi connectivity index (χ4v) is 16.8. The molecule has 137 heavy (non-hydrogen) atoms. The molecule has 0 bridgehead atoms. The zero-order chi connectivity index (χ0) is 100.0. The second kappa shape index (κ2) is 49.5. The Bertz CT molecular complexity index is 6310. The molecule has 11 heterocycles. The van der Waals surface area contributed by atoms with Gasteiger partial charge in [-0.15, -0.1) is 0 Å². The molecule has 1 saturated heterocycles. The number of aromatic amines is 1. The van der Waals surface area contributed by atoms with Gasteiger partial charge in [-0.2, -0.15) is 26.3 Å². The Balaban J connectivity index is 0.000000188. The van der Waals surface area contributed by atoms with Crippen LogP contribution in [-0.4, -0.2) is 213 Å². The number of aliphatic hydroxyl groups is 1. The predicted octanol–water partition coefficient (Wildman–Crippen LogP) is 17.4. The first-order chi connectivity index (χ1) is 64.8. The van der Waals surface area contributed by atoms with E-state index in [0.717, 1.165) is 178 Å². The topological polar surface area (TPSA) is 345 Å². The first-order valence-corrected chi connectivity index (χ1v) is 46.7. The molecule has 1 aliphatic heterocycles. The Morgan fingerprint density at radius 1 is 0.474 bits per heavy atom. The minimum absolute atomic E-state index is 0.0687. The number of alkyl halides is 6. The summed E-state index contributed by atoms with van der Waals surface area (Å²) in [5, 5.41) is 23.6. The Morgan fingerprint density at radius 3 is 1.28 bits per heavy atom. The summed E-state index contributed by atoms with van der Waals surface area (Å²) < 4.78 is 155. The van der Waals surface area contributed by atoms with Gasteiger partial charge < -0.3 is 85.4 Å². The molecule has 1 aliphatic rings. The summed E-state index contributed by atoms with van der Waals surface area (Å²) in [5.41, 5.74) is 16.1. The molecular weight excluding hydrogens is 2170 g/mol. The normalized spacial score (nSPS) is 12.8. The second-order valence-corrected chi connectivity index (χ2v) is 37.8. The van der Waals surface area contributed by atoms with Crippen molar-refractivity contribution in [2.24, 2.45) is 0 Å². The Kier molecular flexibility index (Phi) is 39.2. The minimum atomic E-state index is -4.74. The van der Waals surface area contributed by atoms with Crippen LogP contribution in [-0.2, 0) is 67.5 Å². The van der Waals surface area contributed by atoms with Crippen molar-refractivity contribution >= 4 is 183 Å². The van der Waals surface area contributed by atoms with Crippen molar-refractivity contribution in [3.63, 3.8) is 0 Å². The molecule has 15 rings (SSSR count). The number of aliphatic hydroxyl groups excluding tert-OH is 1. The number of fused-ring (bicyclic) bond motifs is 4. The molecule has 14 aromatic rings. The molecule has 0 aliphatic carbocycles. The average molecular weight is 2280 g/mol. The third kappa shape index (κ3) is 30.3. The van der Waals surface area contributed by atoms with Gasteiger partial charge in [-0.3, -0.25) is 9.59 Å². The van der Waals surface area contributed by atoms with Gasteiger partial charge in [0.15, 0.2) is 23.3 Å². The molecule has 0 saturated carbocycles. The van der Waals surface area contributed by atoms with E-state index in [9.17, 15) is 53.5 Å². The highest BCUT2D eigenvalue weighted by Gasteiger charge is 2.52. The van der Waals surface area contributed by atoms with Crippen LogP contribution in [0.25, 0.3) is 55.3 Å². The molecule has 29 nitrogen and oxygen atoms in total. The van der Waals surface area contributed by atoms with E-state index >= 15 is 0 Å². The summed E-state index contributed by atoms with van der Waals surface area (Å²) in [5.74, 6) is -5.28. The number of nitrogen functional groups attached to an aromatic ring is 2. The SMILES string of the molecule is CC1(C)OB(c2ccc(CNc3ncc(C(F)(F)F)cc3C(=O)NCc3ccc(F)c(F)c3)cc2)OC1(C)C.CN(C)CCCO.CN(C)CCCn1cc(-c2ccc(CNc3ncc(C(F)(F)F)cc3C(=O)NCc3ccc(F)c(F)c3)cc2)c2c(N)ncnc21.CN(C)CCCn1cc(I)c2c(Cl)ncnc21.CN(C)CCCn1cc(I)c2c(N)ncnc21.Clc1ncnc2[nH]cc(I)c12. The van der Waals surface area contributed by atoms with Gasteiger partial charge in [0.1, 0.15) is 81.5 Å². The first-order valence-electron chi connectivity index (χ1n) is 42.7. The van der Waals surface area contributed by atoms with E-state index in [0.29, 0.717) is 53.1 Å². The molecular formula is C92H104BCl2F10I3N24O5. The Hall–Kier alpha value is -10.3. The van der Waals surface area contributed by atoms with E-state index in [1.165, 1.54) is 37.4 Å². The molecule has 45 heteroatoms. The number of carbonyl (C=O) groups is 2. The molecule has 0 radical (unpaired) electrons. The Morgan fingerprint density at radius 2 is 0.861 bits per heavy atom. The summed E-state index contributed by atoms with van der Waals surface area (Å²) in [7, 11) is 15.8. The van der Waals surface area contributed by atoms with Crippen LogP contribution in [0.15, 0.2) is 160 Å². The molecule has 1 fully saturated rings. The summed E-state index contributed by atoms with van der Waals surface area (Å²) in [6, 6.07) is 22.2. The van der Waals surface area contributed by atoms with Gasteiger partial charge in [0.25, 0.3) is 11.8 Å². The van der Waals surface area contributed by atoms with E-state index in [2.05, 4.69) is 218 Å². The highest BCUT2D eigenvalue weighted by molar-refractivity contribution is 14.1. The van der Waals surface area contributed by atoms with E-state index in [-0.39, 0.29) is 60.1 Å². The number of nitrogens with one attached hydrogen (secondary N) is 5.